The van der Waals surface area contributed by atoms with Crippen LogP contribution < -0.4 is 15.0 Å². The van der Waals surface area contributed by atoms with Crippen molar-refractivity contribution in [3.05, 3.63) is 50.8 Å². The first-order valence-corrected chi connectivity index (χ1v) is 8.49. The summed E-state index contributed by atoms with van der Waals surface area (Å²) in [7, 11) is 1.62. The summed E-state index contributed by atoms with van der Waals surface area (Å²) in [6, 6.07) is 4.07. The maximum absolute atomic E-state index is 14.2. The lowest BCUT2D eigenvalue weighted by atomic mass is 10.0. The van der Waals surface area contributed by atoms with Gasteiger partial charge >= 0.3 is 6.61 Å². The Morgan fingerprint density at radius 1 is 1.44 bits per heavy atom. The van der Waals surface area contributed by atoms with Crippen molar-refractivity contribution >= 4 is 27.5 Å². The third-order valence-electron chi connectivity index (χ3n) is 3.71. The molecule has 0 saturated carbocycles. The van der Waals surface area contributed by atoms with E-state index in [1.165, 1.54) is 16.8 Å². The van der Waals surface area contributed by atoms with Crippen molar-refractivity contribution in [1.29, 1.82) is 0 Å². The second-order valence-corrected chi connectivity index (χ2v) is 6.69. The smallest absolute Gasteiger partial charge is 0.387 e. The van der Waals surface area contributed by atoms with Gasteiger partial charge in [-0.2, -0.15) is 8.78 Å². The van der Waals surface area contributed by atoms with E-state index in [-0.39, 0.29) is 33.1 Å². The van der Waals surface area contributed by atoms with Gasteiger partial charge in [-0.15, -0.1) is 0 Å². The third kappa shape index (κ3) is 3.79. The highest BCUT2D eigenvalue weighted by molar-refractivity contribution is 9.10. The number of fused-ring (bicyclic) bond motifs is 1. The first-order valence-electron chi connectivity index (χ1n) is 7.32. The summed E-state index contributed by atoms with van der Waals surface area (Å²) < 4.78 is 51.3. The predicted molar refractivity (Wildman–Crippen MR) is 89.6 cm³/mol. The normalized spacial score (nSPS) is 17.4. The van der Waals surface area contributed by atoms with Crippen molar-refractivity contribution in [2.45, 2.75) is 19.1 Å². The van der Waals surface area contributed by atoms with E-state index in [0.717, 1.165) is 0 Å². The highest BCUT2D eigenvalue weighted by atomic mass is 79.9. The molecule has 0 amide bonds. The fourth-order valence-electron chi connectivity index (χ4n) is 2.65. The molecule has 1 aliphatic rings. The first kappa shape index (κ1) is 18.1. The number of aryl methyl sites for hydroxylation is 1. The van der Waals surface area contributed by atoms with Gasteiger partial charge in [-0.3, -0.25) is 4.99 Å². The van der Waals surface area contributed by atoms with E-state index in [2.05, 4.69) is 25.7 Å². The number of alkyl halides is 2. The van der Waals surface area contributed by atoms with Crippen LogP contribution in [0.2, 0.25) is 5.02 Å². The van der Waals surface area contributed by atoms with Crippen LogP contribution in [0.3, 0.4) is 0 Å². The Morgan fingerprint density at radius 3 is 2.92 bits per heavy atom. The van der Waals surface area contributed by atoms with Gasteiger partial charge < -0.3 is 14.0 Å². The van der Waals surface area contributed by atoms with Crippen molar-refractivity contribution in [2.24, 2.45) is 12.0 Å². The zero-order valence-corrected chi connectivity index (χ0v) is 15.3. The molecule has 0 bridgehead atoms. The lowest BCUT2D eigenvalue weighted by Gasteiger charge is -2.24. The zero-order valence-electron chi connectivity index (χ0n) is 13.0. The largest absolute Gasteiger partial charge is 0.490 e. The van der Waals surface area contributed by atoms with Gasteiger partial charge in [0.2, 0.25) is 0 Å². The number of hydrogen-bond acceptors (Lipinski definition) is 3. The number of aromatic nitrogens is 1. The molecule has 25 heavy (non-hydrogen) atoms. The molecular weight excluding hydrogens is 425 g/mol. The van der Waals surface area contributed by atoms with Crippen molar-refractivity contribution in [1.82, 2.24) is 4.57 Å². The molecule has 1 unspecified atom stereocenters. The van der Waals surface area contributed by atoms with Gasteiger partial charge in [0.25, 0.3) is 0 Å². The molecule has 2 heterocycles. The van der Waals surface area contributed by atoms with E-state index in [4.69, 9.17) is 16.3 Å². The van der Waals surface area contributed by atoms with E-state index in [1.54, 1.807) is 19.2 Å². The van der Waals surface area contributed by atoms with Crippen LogP contribution in [0.25, 0.3) is 0 Å². The third-order valence-corrected chi connectivity index (χ3v) is 4.53. The SMILES string of the molecule is Cn1cc(Cl)cc(OC(F)F)c1=NC1CCOc2c1ccc(Br)c2F. The molecule has 0 N–H and O–H groups in total. The van der Waals surface area contributed by atoms with E-state index in [0.29, 0.717) is 12.0 Å². The van der Waals surface area contributed by atoms with Crippen LogP contribution in [0.1, 0.15) is 18.0 Å². The summed E-state index contributed by atoms with van der Waals surface area (Å²) in [5.41, 5.74) is 0.732. The Morgan fingerprint density at radius 2 is 2.20 bits per heavy atom. The molecular formula is C16H13BrClF3N2O2. The summed E-state index contributed by atoms with van der Waals surface area (Å²) in [6.45, 7) is -2.75. The first-order chi connectivity index (χ1) is 11.9. The Hall–Kier alpha value is -1.67. The molecule has 2 aromatic rings. The minimum Gasteiger partial charge on any atom is -0.490 e. The zero-order chi connectivity index (χ0) is 18.1. The van der Waals surface area contributed by atoms with Gasteiger partial charge in [-0.05, 0) is 22.0 Å². The number of rotatable bonds is 3. The maximum Gasteiger partial charge on any atom is 0.387 e. The number of hydrogen-bond donors (Lipinski definition) is 0. The van der Waals surface area contributed by atoms with Gasteiger partial charge in [-0.25, -0.2) is 4.39 Å². The molecule has 0 aliphatic carbocycles. The number of ether oxygens (including phenoxy) is 2. The van der Waals surface area contributed by atoms with Crippen LogP contribution in [-0.2, 0) is 7.05 Å². The Balaban J connectivity index is 2.13. The monoisotopic (exact) mass is 436 g/mol. The molecule has 0 spiro atoms. The average Bonchev–Trinajstić information content (AvgIpc) is 2.54. The van der Waals surface area contributed by atoms with Crippen molar-refractivity contribution < 1.29 is 22.6 Å². The lowest BCUT2D eigenvalue weighted by Crippen LogP contribution is -2.25. The van der Waals surface area contributed by atoms with Crippen LogP contribution in [0, 0.1) is 5.82 Å². The Kier molecular flexibility index (Phi) is 5.29. The maximum atomic E-state index is 14.2. The summed E-state index contributed by atoms with van der Waals surface area (Å²) in [5.74, 6) is -0.542. The summed E-state index contributed by atoms with van der Waals surface area (Å²) in [6.07, 6.45) is 2.01. The fourth-order valence-corrected chi connectivity index (χ4v) is 3.21. The average molecular weight is 438 g/mol. The van der Waals surface area contributed by atoms with Crippen molar-refractivity contribution in [2.75, 3.05) is 6.61 Å². The molecule has 0 saturated heterocycles. The topological polar surface area (TPSA) is 35.8 Å². The van der Waals surface area contributed by atoms with Crippen molar-refractivity contribution in [3.63, 3.8) is 0 Å². The Bertz CT molecular complexity index is 873. The van der Waals surface area contributed by atoms with Gasteiger partial charge in [0, 0.05) is 31.3 Å². The van der Waals surface area contributed by atoms with Crippen LogP contribution in [0.4, 0.5) is 13.2 Å². The number of pyridine rings is 1. The van der Waals surface area contributed by atoms with Crippen LogP contribution in [0.5, 0.6) is 11.5 Å². The highest BCUT2D eigenvalue weighted by Gasteiger charge is 2.25. The van der Waals surface area contributed by atoms with Crippen LogP contribution >= 0.6 is 27.5 Å². The standard InChI is InChI=1S/C16H13BrClF3N2O2/c1-23-7-8(18)6-12(25-16(20)21)15(23)22-11-4-5-24-14-9(11)2-3-10(17)13(14)19/h2-3,6-7,11,16H,4-5H2,1H3. The molecule has 134 valence electrons. The quantitative estimate of drug-likeness (QED) is 0.703. The molecule has 1 atom stereocenters. The predicted octanol–water partition coefficient (Wildman–Crippen LogP) is 4.61. The number of halogens is 5. The fraction of sp³-hybridized carbons (Fsp3) is 0.312. The second kappa shape index (κ2) is 7.29. The second-order valence-electron chi connectivity index (χ2n) is 5.40. The summed E-state index contributed by atoms with van der Waals surface area (Å²) in [4.78, 5) is 4.51. The summed E-state index contributed by atoms with van der Waals surface area (Å²) >= 11 is 9.02. The Labute approximate surface area is 155 Å². The van der Waals surface area contributed by atoms with Gasteiger partial charge in [0.05, 0.1) is 22.1 Å². The number of benzene rings is 1. The minimum atomic E-state index is -3.01. The van der Waals surface area contributed by atoms with Gasteiger partial charge in [0.1, 0.15) is 0 Å². The molecule has 1 aliphatic heterocycles. The van der Waals surface area contributed by atoms with E-state index < -0.39 is 18.5 Å². The molecule has 0 fully saturated rings. The molecule has 4 nitrogen and oxygen atoms in total. The van der Waals surface area contributed by atoms with Gasteiger partial charge in [0.15, 0.2) is 22.8 Å². The van der Waals surface area contributed by atoms with E-state index >= 15 is 0 Å². The van der Waals surface area contributed by atoms with E-state index in [9.17, 15) is 13.2 Å². The highest BCUT2D eigenvalue weighted by Crippen LogP contribution is 2.39. The van der Waals surface area contributed by atoms with E-state index in [1.807, 2.05) is 0 Å². The van der Waals surface area contributed by atoms with Gasteiger partial charge in [-0.1, -0.05) is 17.7 Å². The molecule has 9 heteroatoms. The minimum absolute atomic E-state index is 0.113. The number of nitrogens with zero attached hydrogens (tertiary/aromatic N) is 2. The lowest BCUT2D eigenvalue weighted by molar-refractivity contribution is -0.0513. The van der Waals surface area contributed by atoms with Crippen molar-refractivity contribution in [3.8, 4) is 11.5 Å². The molecule has 1 aromatic heterocycles. The molecule has 0 radical (unpaired) electrons. The van der Waals surface area contributed by atoms with Crippen LogP contribution in [0.15, 0.2) is 33.9 Å². The molecule has 3 rings (SSSR count). The van der Waals surface area contributed by atoms with Crippen LogP contribution in [-0.4, -0.2) is 17.8 Å². The summed E-state index contributed by atoms with van der Waals surface area (Å²) in [5, 5.41) is 0.236. The molecule has 1 aromatic carbocycles.